The summed E-state index contributed by atoms with van der Waals surface area (Å²) in [4.78, 5) is 14.9. The molecule has 0 fully saturated rings. The van der Waals surface area contributed by atoms with Gasteiger partial charge in [-0.1, -0.05) is 78.9 Å². The van der Waals surface area contributed by atoms with Crippen LogP contribution in [0, 0.1) is 0 Å². The molecule has 0 aromatic heterocycles. The third kappa shape index (κ3) is 5.53. The van der Waals surface area contributed by atoms with E-state index in [9.17, 15) is 4.79 Å². The first-order valence-corrected chi connectivity index (χ1v) is 9.39. The summed E-state index contributed by atoms with van der Waals surface area (Å²) in [5, 5.41) is 3.06. The molecule has 27 heavy (non-hydrogen) atoms. The van der Waals surface area contributed by atoms with Crippen molar-refractivity contribution in [2.75, 3.05) is 20.1 Å². The Balaban J connectivity index is 1.50. The Bertz CT molecular complexity index is 847. The minimum atomic E-state index is -0.0137. The lowest BCUT2D eigenvalue weighted by Crippen LogP contribution is -2.28. The van der Waals surface area contributed by atoms with Crippen LogP contribution in [0.5, 0.6) is 0 Å². The molecular weight excluding hydrogens is 332 g/mol. The van der Waals surface area contributed by atoms with E-state index in [0.717, 1.165) is 36.2 Å². The van der Waals surface area contributed by atoms with Crippen molar-refractivity contribution < 1.29 is 4.79 Å². The van der Waals surface area contributed by atoms with Gasteiger partial charge in [-0.25, -0.2) is 0 Å². The smallest absolute Gasteiger partial charge is 0.251 e. The first-order chi connectivity index (χ1) is 13.2. The van der Waals surface area contributed by atoms with E-state index in [2.05, 4.69) is 41.5 Å². The fourth-order valence-electron chi connectivity index (χ4n) is 3.17. The summed E-state index contributed by atoms with van der Waals surface area (Å²) >= 11 is 0. The lowest BCUT2D eigenvalue weighted by Gasteiger charge is -2.17. The first-order valence-electron chi connectivity index (χ1n) is 9.39. The zero-order chi connectivity index (χ0) is 18.9. The second-order valence-corrected chi connectivity index (χ2v) is 6.74. The Hall–Kier alpha value is -2.91. The van der Waals surface area contributed by atoms with Gasteiger partial charge in [-0.15, -0.1) is 0 Å². The van der Waals surface area contributed by atoms with E-state index in [1.54, 1.807) is 0 Å². The van der Waals surface area contributed by atoms with Gasteiger partial charge in [0.05, 0.1) is 0 Å². The van der Waals surface area contributed by atoms with E-state index in [-0.39, 0.29) is 5.91 Å². The summed E-state index contributed by atoms with van der Waals surface area (Å²) in [7, 11) is 2.11. The van der Waals surface area contributed by atoms with Crippen LogP contribution in [-0.4, -0.2) is 30.9 Å². The molecule has 3 heteroatoms. The Morgan fingerprint density at radius 2 is 1.48 bits per heavy atom. The van der Waals surface area contributed by atoms with Gasteiger partial charge in [0, 0.05) is 18.7 Å². The van der Waals surface area contributed by atoms with E-state index >= 15 is 0 Å². The highest BCUT2D eigenvalue weighted by molar-refractivity contribution is 6.00. The van der Waals surface area contributed by atoms with E-state index < -0.39 is 0 Å². The van der Waals surface area contributed by atoms with Crippen molar-refractivity contribution in [3.05, 3.63) is 96.1 Å². The molecular formula is C24H26N2O. The molecule has 0 atom stereocenters. The second kappa shape index (κ2) is 9.70. The van der Waals surface area contributed by atoms with Gasteiger partial charge in [0.2, 0.25) is 0 Å². The average molecular weight is 358 g/mol. The van der Waals surface area contributed by atoms with Crippen LogP contribution >= 0.6 is 0 Å². The Morgan fingerprint density at radius 1 is 0.852 bits per heavy atom. The molecule has 0 heterocycles. The molecule has 0 radical (unpaired) electrons. The fraction of sp³-hybridized carbons (Fsp3) is 0.208. The molecule has 1 N–H and O–H groups in total. The van der Waals surface area contributed by atoms with Gasteiger partial charge in [0.25, 0.3) is 5.91 Å². The predicted molar refractivity (Wildman–Crippen MR) is 112 cm³/mol. The molecule has 3 aromatic carbocycles. The number of nitrogens with one attached hydrogen (secondary N) is 1. The predicted octanol–water partition coefficient (Wildman–Crippen LogP) is 4.61. The second-order valence-electron chi connectivity index (χ2n) is 6.74. The van der Waals surface area contributed by atoms with E-state index in [1.807, 2.05) is 60.7 Å². The topological polar surface area (TPSA) is 32.3 Å². The summed E-state index contributed by atoms with van der Waals surface area (Å²) < 4.78 is 0. The van der Waals surface area contributed by atoms with E-state index in [1.165, 1.54) is 5.56 Å². The van der Waals surface area contributed by atoms with Crippen LogP contribution in [0.3, 0.4) is 0 Å². The maximum absolute atomic E-state index is 12.6. The largest absolute Gasteiger partial charge is 0.352 e. The van der Waals surface area contributed by atoms with Gasteiger partial charge in [0.15, 0.2) is 0 Å². The number of carbonyl (C=O) groups excluding carboxylic acids is 1. The van der Waals surface area contributed by atoms with Crippen LogP contribution in [0.4, 0.5) is 0 Å². The molecule has 138 valence electrons. The van der Waals surface area contributed by atoms with Crippen LogP contribution in [0.15, 0.2) is 84.9 Å². The van der Waals surface area contributed by atoms with E-state index in [0.29, 0.717) is 6.54 Å². The molecule has 0 aliphatic carbocycles. The molecule has 0 aliphatic rings. The normalized spacial score (nSPS) is 10.7. The number of hydrogen-bond donors (Lipinski definition) is 1. The number of hydrogen-bond acceptors (Lipinski definition) is 2. The van der Waals surface area contributed by atoms with Crippen molar-refractivity contribution in [3.8, 4) is 11.1 Å². The molecule has 3 rings (SSSR count). The maximum atomic E-state index is 12.6. The number of rotatable bonds is 8. The van der Waals surface area contributed by atoms with Crippen LogP contribution < -0.4 is 5.32 Å². The zero-order valence-corrected chi connectivity index (χ0v) is 15.8. The average Bonchev–Trinajstić information content (AvgIpc) is 2.72. The van der Waals surface area contributed by atoms with Crippen LogP contribution in [0.25, 0.3) is 11.1 Å². The Labute approximate surface area is 161 Å². The number of amides is 1. The van der Waals surface area contributed by atoms with Crippen LogP contribution in [0.1, 0.15) is 22.3 Å². The molecule has 0 saturated heterocycles. The van der Waals surface area contributed by atoms with Gasteiger partial charge in [-0.2, -0.15) is 0 Å². The summed E-state index contributed by atoms with van der Waals surface area (Å²) in [6.07, 6.45) is 0.919. The highest BCUT2D eigenvalue weighted by atomic mass is 16.1. The molecule has 0 aliphatic heterocycles. The highest BCUT2D eigenvalue weighted by Crippen LogP contribution is 2.23. The van der Waals surface area contributed by atoms with E-state index in [4.69, 9.17) is 0 Å². The van der Waals surface area contributed by atoms with Gasteiger partial charge >= 0.3 is 0 Å². The van der Waals surface area contributed by atoms with Gasteiger partial charge in [-0.05, 0) is 42.8 Å². The molecule has 0 bridgehead atoms. The number of carbonyl (C=O) groups is 1. The van der Waals surface area contributed by atoms with Gasteiger partial charge in [-0.3, -0.25) is 4.79 Å². The van der Waals surface area contributed by atoms with Crippen molar-refractivity contribution in [1.29, 1.82) is 0 Å². The monoisotopic (exact) mass is 358 g/mol. The fourth-order valence-corrected chi connectivity index (χ4v) is 3.17. The summed E-state index contributed by atoms with van der Waals surface area (Å²) in [5.41, 5.74) is 4.06. The summed E-state index contributed by atoms with van der Waals surface area (Å²) in [5.74, 6) is -0.0137. The Morgan fingerprint density at radius 3 is 2.22 bits per heavy atom. The summed E-state index contributed by atoms with van der Waals surface area (Å²) in [6, 6.07) is 28.2. The molecule has 0 unspecified atom stereocenters. The minimum Gasteiger partial charge on any atom is -0.352 e. The lowest BCUT2D eigenvalue weighted by atomic mass is 9.99. The van der Waals surface area contributed by atoms with Crippen molar-refractivity contribution in [3.63, 3.8) is 0 Å². The first kappa shape index (κ1) is 18.9. The molecule has 0 spiro atoms. The Kier molecular flexibility index (Phi) is 6.78. The molecule has 3 aromatic rings. The number of nitrogens with zero attached hydrogens (tertiary/aromatic N) is 1. The molecule has 1 amide bonds. The van der Waals surface area contributed by atoms with Crippen molar-refractivity contribution >= 4 is 5.91 Å². The third-order valence-electron chi connectivity index (χ3n) is 4.55. The maximum Gasteiger partial charge on any atom is 0.251 e. The lowest BCUT2D eigenvalue weighted by molar-refractivity contribution is 0.0952. The minimum absolute atomic E-state index is 0.0137. The summed E-state index contributed by atoms with van der Waals surface area (Å²) in [6.45, 7) is 2.53. The molecule has 3 nitrogen and oxygen atoms in total. The standard InChI is InChI=1S/C24H26N2O/c1-26(19-20-11-4-2-5-12-20)18-10-17-25-24(27)23-16-9-8-15-22(23)21-13-6-3-7-14-21/h2-9,11-16H,10,17-19H2,1H3,(H,25,27). The van der Waals surface area contributed by atoms with Gasteiger partial charge < -0.3 is 10.2 Å². The zero-order valence-electron chi connectivity index (χ0n) is 15.8. The molecule has 0 saturated carbocycles. The third-order valence-corrected chi connectivity index (χ3v) is 4.55. The van der Waals surface area contributed by atoms with Crippen molar-refractivity contribution in [1.82, 2.24) is 10.2 Å². The SMILES string of the molecule is CN(CCCNC(=O)c1ccccc1-c1ccccc1)Cc1ccccc1. The van der Waals surface area contributed by atoms with Crippen molar-refractivity contribution in [2.45, 2.75) is 13.0 Å². The van der Waals surface area contributed by atoms with Crippen LogP contribution in [-0.2, 0) is 6.54 Å². The quantitative estimate of drug-likeness (QED) is 0.597. The van der Waals surface area contributed by atoms with Crippen LogP contribution in [0.2, 0.25) is 0 Å². The van der Waals surface area contributed by atoms with Crippen molar-refractivity contribution in [2.24, 2.45) is 0 Å². The number of benzene rings is 3. The van der Waals surface area contributed by atoms with Gasteiger partial charge in [0.1, 0.15) is 0 Å². The highest BCUT2D eigenvalue weighted by Gasteiger charge is 2.11.